The highest BCUT2D eigenvalue weighted by atomic mass is 16.5. The summed E-state index contributed by atoms with van der Waals surface area (Å²) in [6.45, 7) is 5.28. The molecule has 17 heavy (non-hydrogen) atoms. The van der Waals surface area contributed by atoms with E-state index in [1.54, 1.807) is 0 Å². The van der Waals surface area contributed by atoms with Gasteiger partial charge in [0.1, 0.15) is 5.75 Å². The highest BCUT2D eigenvalue weighted by Gasteiger charge is 2.16. The van der Waals surface area contributed by atoms with Gasteiger partial charge in [0.2, 0.25) is 0 Å². The van der Waals surface area contributed by atoms with E-state index in [0.717, 1.165) is 18.7 Å². The fourth-order valence-electron chi connectivity index (χ4n) is 1.39. The molecule has 0 radical (unpaired) electrons. The monoisotopic (exact) mass is 232 g/mol. The lowest BCUT2D eigenvalue weighted by Crippen LogP contribution is -2.13. The molecular formula is C14H20N2O. The molecule has 0 saturated carbocycles. The van der Waals surface area contributed by atoms with E-state index in [0.29, 0.717) is 6.61 Å². The van der Waals surface area contributed by atoms with Gasteiger partial charge in [-0.3, -0.25) is 0 Å². The van der Waals surface area contributed by atoms with Crippen LogP contribution in [0.5, 0.6) is 5.75 Å². The van der Waals surface area contributed by atoms with E-state index in [1.165, 1.54) is 5.56 Å². The molecule has 0 aliphatic rings. The normalized spacial score (nSPS) is 10.9. The van der Waals surface area contributed by atoms with E-state index in [4.69, 9.17) is 10.00 Å². The fourth-order valence-corrected chi connectivity index (χ4v) is 1.39. The maximum absolute atomic E-state index is 8.87. The number of hydrogen-bond acceptors (Lipinski definition) is 3. The van der Waals surface area contributed by atoms with Crippen molar-refractivity contribution in [2.24, 2.45) is 5.41 Å². The zero-order chi connectivity index (χ0) is 12.7. The van der Waals surface area contributed by atoms with Crippen molar-refractivity contribution >= 4 is 0 Å². The van der Waals surface area contributed by atoms with Gasteiger partial charge >= 0.3 is 0 Å². The van der Waals surface area contributed by atoms with E-state index >= 15 is 0 Å². The molecule has 1 aromatic carbocycles. The summed E-state index contributed by atoms with van der Waals surface area (Å²) in [5, 5.41) is 12.0. The second kappa shape index (κ2) is 6.27. The summed E-state index contributed by atoms with van der Waals surface area (Å²) in [5.41, 5.74) is 0.920. The largest absolute Gasteiger partial charge is 0.494 e. The van der Waals surface area contributed by atoms with Gasteiger partial charge in [0.15, 0.2) is 0 Å². The zero-order valence-electron chi connectivity index (χ0n) is 10.8. The van der Waals surface area contributed by atoms with Crippen LogP contribution in [0.15, 0.2) is 24.3 Å². The second-order valence-electron chi connectivity index (χ2n) is 4.77. The van der Waals surface area contributed by atoms with Crippen molar-refractivity contribution in [1.29, 1.82) is 5.26 Å². The van der Waals surface area contributed by atoms with E-state index in [9.17, 15) is 0 Å². The number of nitriles is 1. The SMILES string of the molecule is CNCc1ccc(OCCC(C)(C)C#N)cc1. The zero-order valence-corrected chi connectivity index (χ0v) is 10.8. The third-order valence-electron chi connectivity index (χ3n) is 2.60. The van der Waals surface area contributed by atoms with E-state index < -0.39 is 0 Å². The quantitative estimate of drug-likeness (QED) is 0.820. The smallest absolute Gasteiger partial charge is 0.119 e. The molecule has 0 bridgehead atoms. The Labute approximate surface area is 103 Å². The Morgan fingerprint density at radius 2 is 1.94 bits per heavy atom. The predicted octanol–water partition coefficient (Wildman–Crippen LogP) is 2.72. The summed E-state index contributed by atoms with van der Waals surface area (Å²) in [5.74, 6) is 0.860. The number of nitrogens with one attached hydrogen (secondary N) is 1. The minimum Gasteiger partial charge on any atom is -0.494 e. The van der Waals surface area contributed by atoms with Crippen molar-refractivity contribution in [1.82, 2.24) is 5.32 Å². The van der Waals surface area contributed by atoms with Gasteiger partial charge in [-0.05, 0) is 45.0 Å². The molecule has 0 amide bonds. The summed E-state index contributed by atoms with van der Waals surface area (Å²) in [4.78, 5) is 0. The van der Waals surface area contributed by atoms with Crippen LogP contribution in [0, 0.1) is 16.7 Å². The van der Waals surface area contributed by atoms with Crippen LogP contribution in [0.2, 0.25) is 0 Å². The van der Waals surface area contributed by atoms with Crippen LogP contribution in [0.1, 0.15) is 25.8 Å². The predicted molar refractivity (Wildman–Crippen MR) is 68.7 cm³/mol. The Balaban J connectivity index is 2.40. The molecule has 1 aromatic rings. The molecule has 92 valence electrons. The minimum absolute atomic E-state index is 0.313. The average molecular weight is 232 g/mol. The first-order valence-electron chi connectivity index (χ1n) is 5.85. The maximum atomic E-state index is 8.87. The average Bonchev–Trinajstić information content (AvgIpc) is 2.32. The number of hydrogen-bond donors (Lipinski definition) is 1. The molecule has 0 fully saturated rings. The topological polar surface area (TPSA) is 45.0 Å². The second-order valence-corrected chi connectivity index (χ2v) is 4.77. The van der Waals surface area contributed by atoms with Crippen LogP contribution in [0.4, 0.5) is 0 Å². The van der Waals surface area contributed by atoms with Gasteiger partial charge < -0.3 is 10.1 Å². The number of nitrogens with zero attached hydrogens (tertiary/aromatic N) is 1. The van der Waals surface area contributed by atoms with Gasteiger partial charge in [-0.25, -0.2) is 0 Å². The molecule has 1 N–H and O–H groups in total. The van der Waals surface area contributed by atoms with Gasteiger partial charge in [-0.1, -0.05) is 12.1 Å². The molecule has 0 unspecified atom stereocenters. The number of rotatable bonds is 6. The van der Waals surface area contributed by atoms with E-state index in [2.05, 4.69) is 11.4 Å². The Bertz CT molecular complexity index is 376. The van der Waals surface area contributed by atoms with E-state index in [1.807, 2.05) is 45.2 Å². The third-order valence-corrected chi connectivity index (χ3v) is 2.60. The lowest BCUT2D eigenvalue weighted by atomic mass is 9.92. The van der Waals surface area contributed by atoms with Crippen molar-refractivity contribution < 1.29 is 4.74 Å². The summed E-state index contributed by atoms with van der Waals surface area (Å²) in [6.07, 6.45) is 0.738. The first kappa shape index (κ1) is 13.5. The Hall–Kier alpha value is -1.53. The van der Waals surface area contributed by atoms with Crippen LogP contribution < -0.4 is 10.1 Å². The van der Waals surface area contributed by atoms with Crippen molar-refractivity contribution in [2.45, 2.75) is 26.8 Å². The lowest BCUT2D eigenvalue weighted by molar-refractivity contribution is 0.264. The first-order chi connectivity index (χ1) is 8.07. The summed E-state index contributed by atoms with van der Waals surface area (Å²) in [7, 11) is 1.92. The van der Waals surface area contributed by atoms with Gasteiger partial charge in [-0.2, -0.15) is 5.26 Å². The molecular weight excluding hydrogens is 212 g/mol. The van der Waals surface area contributed by atoms with Gasteiger partial charge in [0, 0.05) is 6.54 Å². The number of ether oxygens (including phenoxy) is 1. The Morgan fingerprint density at radius 3 is 2.47 bits per heavy atom. The first-order valence-corrected chi connectivity index (χ1v) is 5.85. The van der Waals surface area contributed by atoms with Crippen molar-refractivity contribution in [3.8, 4) is 11.8 Å². The van der Waals surface area contributed by atoms with Crippen LogP contribution in [-0.4, -0.2) is 13.7 Å². The Kier molecular flexibility index (Phi) is 4.99. The molecule has 0 aromatic heterocycles. The molecule has 0 heterocycles. The Morgan fingerprint density at radius 1 is 1.29 bits per heavy atom. The van der Waals surface area contributed by atoms with Gasteiger partial charge in [0.05, 0.1) is 18.1 Å². The van der Waals surface area contributed by atoms with Crippen LogP contribution in [-0.2, 0) is 6.54 Å². The van der Waals surface area contributed by atoms with Gasteiger partial charge in [-0.15, -0.1) is 0 Å². The molecule has 0 aliphatic carbocycles. The third kappa shape index (κ3) is 4.88. The van der Waals surface area contributed by atoms with Gasteiger partial charge in [0.25, 0.3) is 0 Å². The molecule has 0 saturated heterocycles. The lowest BCUT2D eigenvalue weighted by Gasteiger charge is -2.15. The molecule has 0 atom stereocenters. The molecule has 3 nitrogen and oxygen atoms in total. The van der Waals surface area contributed by atoms with E-state index in [-0.39, 0.29) is 5.41 Å². The number of benzene rings is 1. The van der Waals surface area contributed by atoms with Crippen molar-refractivity contribution in [2.75, 3.05) is 13.7 Å². The van der Waals surface area contributed by atoms with Crippen LogP contribution in [0.3, 0.4) is 0 Å². The van der Waals surface area contributed by atoms with Crippen molar-refractivity contribution in [3.63, 3.8) is 0 Å². The molecule has 0 aliphatic heterocycles. The summed E-state index contributed by atoms with van der Waals surface area (Å²) < 4.78 is 5.61. The molecule has 1 rings (SSSR count). The standard InChI is InChI=1S/C14H20N2O/c1-14(2,11-15)8-9-17-13-6-4-12(5-7-13)10-16-3/h4-7,16H,8-10H2,1-3H3. The molecule has 3 heteroatoms. The highest BCUT2D eigenvalue weighted by molar-refractivity contribution is 5.27. The highest BCUT2D eigenvalue weighted by Crippen LogP contribution is 2.19. The fraction of sp³-hybridized carbons (Fsp3) is 0.500. The summed E-state index contributed by atoms with van der Waals surface area (Å²) >= 11 is 0. The van der Waals surface area contributed by atoms with Crippen LogP contribution >= 0.6 is 0 Å². The van der Waals surface area contributed by atoms with Crippen molar-refractivity contribution in [3.05, 3.63) is 29.8 Å². The maximum Gasteiger partial charge on any atom is 0.119 e. The molecule has 0 spiro atoms. The van der Waals surface area contributed by atoms with Crippen LogP contribution in [0.25, 0.3) is 0 Å². The minimum atomic E-state index is -0.313. The summed E-state index contributed by atoms with van der Waals surface area (Å²) in [6, 6.07) is 10.3.